The summed E-state index contributed by atoms with van der Waals surface area (Å²) in [6, 6.07) is 0. The zero-order chi connectivity index (χ0) is 49.7. The highest BCUT2D eigenvalue weighted by Gasteiger charge is 2.14. The number of rotatable bonds is 39. The van der Waals surface area contributed by atoms with Gasteiger partial charge in [-0.25, -0.2) is 0 Å². The molecule has 0 aromatic carbocycles. The predicted molar refractivity (Wildman–Crippen MR) is 255 cm³/mol. The maximum atomic E-state index is 11.6. The standard InChI is InChI=1S/C20H40N2O5.C16H30O6.C13H25NO2/c1-5-17(3)19(23)21-9-7-11-25-13-15-27-16-14-26-12-8-10-22-20(24)18(4)6-2;1-5-13(3)15(17)21-11-9-19-7-8-20-10-12-22-16(18)14(4)6-2;1-5-10(3)12(15)8-7-9-14-13(16)11(4)6-2/h17-18H,5-16H2,1-4H3,(H,21,23)(H,22,24);13-14H,5-12H2,1-4H3;10-11H,5-9H2,1-4H3,(H,14,16). The first kappa shape index (κ1) is 66.1. The van der Waals surface area contributed by atoms with Crippen LogP contribution in [-0.4, -0.2) is 134 Å². The van der Waals surface area contributed by atoms with Gasteiger partial charge >= 0.3 is 11.9 Å². The number of carbonyl (C=O) groups is 6. The molecule has 0 rings (SSSR count). The Morgan fingerprint density at radius 2 is 0.600 bits per heavy atom. The molecule has 0 aliphatic heterocycles. The molecule has 16 heteroatoms. The van der Waals surface area contributed by atoms with Gasteiger partial charge in [0.2, 0.25) is 17.7 Å². The Kier molecular flexibility index (Phi) is 48.1. The summed E-state index contributed by atoms with van der Waals surface area (Å²) in [6.07, 6.45) is 7.97. The van der Waals surface area contributed by atoms with Crippen LogP contribution < -0.4 is 16.0 Å². The van der Waals surface area contributed by atoms with Crippen molar-refractivity contribution in [3.8, 4) is 0 Å². The van der Waals surface area contributed by atoms with Crippen LogP contribution in [0.3, 0.4) is 0 Å². The average molecular weight is 934 g/mol. The summed E-state index contributed by atoms with van der Waals surface area (Å²) in [5.41, 5.74) is 0. The van der Waals surface area contributed by atoms with Gasteiger partial charge in [-0.05, 0) is 57.8 Å². The van der Waals surface area contributed by atoms with E-state index in [0.29, 0.717) is 97.9 Å². The Bertz CT molecular complexity index is 1100. The fourth-order valence-electron chi connectivity index (χ4n) is 4.68. The van der Waals surface area contributed by atoms with Gasteiger partial charge in [0.1, 0.15) is 19.0 Å². The molecule has 384 valence electrons. The number of ketones is 1. The molecular formula is C49H95N3O13. The van der Waals surface area contributed by atoms with Crippen molar-refractivity contribution in [2.24, 2.45) is 35.5 Å². The highest BCUT2D eigenvalue weighted by Crippen LogP contribution is 2.08. The molecule has 0 fully saturated rings. The molecule has 0 bridgehead atoms. The molecule has 0 heterocycles. The second-order valence-corrected chi connectivity index (χ2v) is 16.4. The Hall–Kier alpha value is -3.18. The van der Waals surface area contributed by atoms with E-state index < -0.39 is 0 Å². The van der Waals surface area contributed by atoms with Crippen LogP contribution in [-0.2, 0) is 61.9 Å². The summed E-state index contributed by atoms with van der Waals surface area (Å²) in [6.45, 7) is 30.7. The first-order chi connectivity index (χ1) is 31.1. The minimum absolute atomic E-state index is 0.0681. The van der Waals surface area contributed by atoms with Gasteiger partial charge in [-0.2, -0.15) is 0 Å². The molecule has 0 saturated carbocycles. The molecule has 3 N–H and O–H groups in total. The number of hydrogen-bond donors (Lipinski definition) is 3. The van der Waals surface area contributed by atoms with E-state index >= 15 is 0 Å². The van der Waals surface area contributed by atoms with Crippen LogP contribution in [0.4, 0.5) is 0 Å². The Balaban J connectivity index is -0.000000917. The number of amides is 3. The zero-order valence-corrected chi connectivity index (χ0v) is 42.9. The highest BCUT2D eigenvalue weighted by molar-refractivity contribution is 5.81. The molecule has 0 aliphatic carbocycles. The van der Waals surface area contributed by atoms with Crippen molar-refractivity contribution in [1.82, 2.24) is 16.0 Å². The number of hydrogen-bond acceptors (Lipinski definition) is 13. The first-order valence-corrected chi connectivity index (χ1v) is 24.6. The van der Waals surface area contributed by atoms with Gasteiger partial charge in [-0.15, -0.1) is 0 Å². The lowest BCUT2D eigenvalue weighted by atomic mass is 10.00. The number of nitrogens with one attached hydrogen (secondary N) is 3. The van der Waals surface area contributed by atoms with E-state index in [1.165, 1.54) is 0 Å². The van der Waals surface area contributed by atoms with Crippen molar-refractivity contribution in [2.45, 2.75) is 147 Å². The van der Waals surface area contributed by atoms with Gasteiger partial charge in [0.25, 0.3) is 0 Å². The SMILES string of the molecule is CCC(C)C(=O)CCCNC(=O)C(C)CC.CCC(C)C(=O)NCCCOCCOCCOCCCNC(=O)C(C)CC.CCC(C)C(=O)OCCOCCOCCOC(=O)C(C)CC. The van der Waals surface area contributed by atoms with E-state index in [1.54, 1.807) is 0 Å². The van der Waals surface area contributed by atoms with Gasteiger partial charge < -0.3 is 49.1 Å². The third-order valence-electron chi connectivity index (χ3n) is 10.9. The average Bonchev–Trinajstić information content (AvgIpc) is 3.32. The van der Waals surface area contributed by atoms with Gasteiger partial charge in [0, 0.05) is 62.9 Å². The lowest BCUT2D eigenvalue weighted by Crippen LogP contribution is -2.30. The summed E-state index contributed by atoms with van der Waals surface area (Å²) in [5.74, 6) is 0.487. The number of Topliss-reactive ketones (excluding diaryl/α,β-unsaturated/α-hetero) is 1. The maximum Gasteiger partial charge on any atom is 0.308 e. The smallest absolute Gasteiger partial charge is 0.308 e. The third kappa shape index (κ3) is 42.0. The van der Waals surface area contributed by atoms with Gasteiger partial charge in [-0.3, -0.25) is 28.8 Å². The van der Waals surface area contributed by atoms with Gasteiger partial charge in [0.05, 0.1) is 64.7 Å². The third-order valence-corrected chi connectivity index (χ3v) is 10.9. The Morgan fingerprint density at radius 3 is 0.892 bits per heavy atom. The van der Waals surface area contributed by atoms with E-state index in [4.69, 9.17) is 33.2 Å². The lowest BCUT2D eigenvalue weighted by molar-refractivity contribution is -0.151. The molecule has 16 nitrogen and oxygen atoms in total. The molecule has 0 aromatic heterocycles. The minimum Gasteiger partial charge on any atom is -0.463 e. The quantitative estimate of drug-likeness (QED) is 0.0426. The topological polar surface area (TPSA) is 203 Å². The van der Waals surface area contributed by atoms with Gasteiger partial charge in [-0.1, -0.05) is 83.1 Å². The number of ether oxygens (including phenoxy) is 7. The Labute approximate surface area is 394 Å². The molecular weight excluding hydrogens is 839 g/mol. The van der Waals surface area contributed by atoms with Crippen LogP contribution in [0.15, 0.2) is 0 Å². The van der Waals surface area contributed by atoms with Crippen molar-refractivity contribution in [1.29, 1.82) is 0 Å². The maximum absolute atomic E-state index is 11.6. The van der Waals surface area contributed by atoms with Crippen LogP contribution in [0.25, 0.3) is 0 Å². The monoisotopic (exact) mass is 934 g/mol. The molecule has 6 unspecified atom stereocenters. The summed E-state index contributed by atoms with van der Waals surface area (Å²) in [5, 5.41) is 8.65. The summed E-state index contributed by atoms with van der Waals surface area (Å²) in [7, 11) is 0. The van der Waals surface area contributed by atoms with E-state index in [0.717, 1.165) is 57.8 Å². The normalized spacial score (nSPS) is 13.5. The second kappa shape index (κ2) is 47.3. The lowest BCUT2D eigenvalue weighted by Gasteiger charge is -2.10. The summed E-state index contributed by atoms with van der Waals surface area (Å²) < 4.78 is 37.0. The zero-order valence-electron chi connectivity index (χ0n) is 42.9. The highest BCUT2D eigenvalue weighted by atomic mass is 16.6. The molecule has 0 aromatic rings. The molecule has 6 atom stereocenters. The second-order valence-electron chi connectivity index (χ2n) is 16.4. The summed E-state index contributed by atoms with van der Waals surface area (Å²) in [4.78, 5) is 68.8. The Morgan fingerprint density at radius 1 is 0.338 bits per heavy atom. The van der Waals surface area contributed by atoms with Crippen LogP contribution in [0.5, 0.6) is 0 Å². The van der Waals surface area contributed by atoms with Crippen LogP contribution in [0.2, 0.25) is 0 Å². The fourth-order valence-corrected chi connectivity index (χ4v) is 4.68. The number of carbonyl (C=O) groups excluding carboxylic acids is 6. The van der Waals surface area contributed by atoms with Crippen LogP contribution in [0.1, 0.15) is 147 Å². The van der Waals surface area contributed by atoms with E-state index in [1.807, 2.05) is 83.1 Å². The van der Waals surface area contributed by atoms with Crippen molar-refractivity contribution < 1.29 is 61.9 Å². The molecule has 0 saturated heterocycles. The largest absolute Gasteiger partial charge is 0.463 e. The van der Waals surface area contributed by atoms with Crippen molar-refractivity contribution >= 4 is 35.4 Å². The fraction of sp³-hybridized carbons (Fsp3) is 0.878. The van der Waals surface area contributed by atoms with E-state index in [9.17, 15) is 28.8 Å². The minimum atomic E-state index is -0.189. The molecule has 0 aliphatic rings. The molecule has 0 radical (unpaired) electrons. The van der Waals surface area contributed by atoms with Crippen molar-refractivity contribution in [3.63, 3.8) is 0 Å². The van der Waals surface area contributed by atoms with Crippen molar-refractivity contribution in [2.75, 3.05) is 98.9 Å². The van der Waals surface area contributed by atoms with Crippen molar-refractivity contribution in [3.05, 3.63) is 0 Å². The molecule has 65 heavy (non-hydrogen) atoms. The van der Waals surface area contributed by atoms with E-state index in [-0.39, 0.29) is 78.4 Å². The van der Waals surface area contributed by atoms with E-state index in [2.05, 4.69) is 16.0 Å². The number of esters is 2. The van der Waals surface area contributed by atoms with Gasteiger partial charge in [0.15, 0.2) is 0 Å². The van der Waals surface area contributed by atoms with Crippen LogP contribution >= 0.6 is 0 Å². The molecule has 3 amide bonds. The first-order valence-electron chi connectivity index (χ1n) is 24.6. The molecule has 0 spiro atoms. The predicted octanol–water partition coefficient (Wildman–Crippen LogP) is 6.88. The summed E-state index contributed by atoms with van der Waals surface area (Å²) >= 11 is 0. The van der Waals surface area contributed by atoms with Crippen LogP contribution in [0, 0.1) is 35.5 Å².